The lowest BCUT2D eigenvalue weighted by Crippen LogP contribution is -2.48. The van der Waals surface area contributed by atoms with Gasteiger partial charge in [-0.2, -0.15) is 5.10 Å². The quantitative estimate of drug-likeness (QED) is 0.841. The first-order valence-corrected chi connectivity index (χ1v) is 8.96. The second-order valence-electron chi connectivity index (χ2n) is 6.50. The lowest BCUT2D eigenvalue weighted by molar-refractivity contribution is -0.140. The number of carboxylic acid groups (broad SMARTS) is 1. The van der Waals surface area contributed by atoms with Crippen molar-refractivity contribution in [1.82, 2.24) is 19.6 Å². The minimum atomic E-state index is -1.01. The Kier molecular flexibility index (Phi) is 5.76. The Morgan fingerprint density at radius 1 is 1.26 bits per heavy atom. The number of amides is 1. The van der Waals surface area contributed by atoms with Gasteiger partial charge >= 0.3 is 5.97 Å². The van der Waals surface area contributed by atoms with Crippen LogP contribution < -0.4 is 0 Å². The van der Waals surface area contributed by atoms with Crippen molar-refractivity contribution in [2.24, 2.45) is 0 Å². The van der Waals surface area contributed by atoms with Gasteiger partial charge in [-0.15, -0.1) is 0 Å². The maximum absolute atomic E-state index is 13.1. The number of piperazine rings is 1. The first-order chi connectivity index (χ1) is 12.8. The Balaban J connectivity index is 1.57. The van der Waals surface area contributed by atoms with Gasteiger partial charge in [0.2, 0.25) is 0 Å². The van der Waals surface area contributed by atoms with Crippen molar-refractivity contribution in [3.8, 4) is 0 Å². The van der Waals surface area contributed by atoms with E-state index in [1.165, 1.54) is 36.0 Å². The Bertz CT molecular complexity index is 849. The van der Waals surface area contributed by atoms with E-state index in [9.17, 15) is 14.0 Å². The molecular formula is C18H20ClFN4O3. The average molecular weight is 395 g/mol. The number of hydrogen-bond acceptors (Lipinski definition) is 4. The molecule has 2 aromatic rings. The standard InChI is InChI=1S/C18H20ClFN4O3/c1-12(18(26)27)24-5-4-16(21-24)17(25)23-8-6-22(7-9-23)11-13-2-3-14(20)10-15(13)19/h2-5,10,12H,6-9,11H2,1H3,(H,26,27). The minimum Gasteiger partial charge on any atom is -0.480 e. The van der Waals surface area contributed by atoms with Crippen LogP contribution in [0.15, 0.2) is 30.5 Å². The van der Waals surface area contributed by atoms with Crippen LogP contribution in [-0.4, -0.2) is 62.7 Å². The van der Waals surface area contributed by atoms with Crippen LogP contribution in [0.5, 0.6) is 0 Å². The molecule has 1 amide bonds. The van der Waals surface area contributed by atoms with Crippen LogP contribution >= 0.6 is 11.6 Å². The fourth-order valence-electron chi connectivity index (χ4n) is 2.94. The van der Waals surface area contributed by atoms with E-state index < -0.39 is 12.0 Å². The molecule has 9 heteroatoms. The molecule has 27 heavy (non-hydrogen) atoms. The summed E-state index contributed by atoms with van der Waals surface area (Å²) in [6.07, 6.45) is 1.50. The second-order valence-corrected chi connectivity index (χ2v) is 6.91. The van der Waals surface area contributed by atoms with Crippen LogP contribution in [0.25, 0.3) is 0 Å². The van der Waals surface area contributed by atoms with Gasteiger partial charge in [-0.3, -0.25) is 14.4 Å². The summed E-state index contributed by atoms with van der Waals surface area (Å²) in [7, 11) is 0. The van der Waals surface area contributed by atoms with Crippen molar-refractivity contribution >= 4 is 23.5 Å². The third kappa shape index (κ3) is 4.45. The number of carbonyl (C=O) groups is 2. The normalized spacial score (nSPS) is 16.3. The van der Waals surface area contributed by atoms with Crippen LogP contribution in [-0.2, 0) is 11.3 Å². The number of hydrogen-bond donors (Lipinski definition) is 1. The molecule has 0 radical (unpaired) electrons. The van der Waals surface area contributed by atoms with Crippen LogP contribution in [0.2, 0.25) is 5.02 Å². The van der Waals surface area contributed by atoms with Gasteiger partial charge in [-0.25, -0.2) is 9.18 Å². The average Bonchev–Trinajstić information content (AvgIpc) is 3.13. The predicted molar refractivity (Wildman–Crippen MR) is 97.2 cm³/mol. The van der Waals surface area contributed by atoms with E-state index in [1.807, 2.05) is 0 Å². The number of benzene rings is 1. The lowest BCUT2D eigenvalue weighted by Gasteiger charge is -2.34. The third-order valence-electron chi connectivity index (χ3n) is 4.65. The molecule has 0 spiro atoms. The summed E-state index contributed by atoms with van der Waals surface area (Å²) >= 11 is 6.07. The highest BCUT2D eigenvalue weighted by Gasteiger charge is 2.25. The van der Waals surface area contributed by atoms with Crippen molar-refractivity contribution in [1.29, 1.82) is 0 Å². The zero-order valence-electron chi connectivity index (χ0n) is 14.8. The topological polar surface area (TPSA) is 78.7 Å². The van der Waals surface area contributed by atoms with Crippen LogP contribution in [0.1, 0.15) is 29.0 Å². The summed E-state index contributed by atoms with van der Waals surface area (Å²) in [4.78, 5) is 27.4. The largest absolute Gasteiger partial charge is 0.480 e. The molecule has 1 saturated heterocycles. The number of carboxylic acids is 1. The summed E-state index contributed by atoms with van der Waals surface area (Å²) in [6, 6.07) is 5.06. The molecule has 1 aliphatic rings. The molecule has 1 unspecified atom stereocenters. The Morgan fingerprint density at radius 3 is 2.59 bits per heavy atom. The highest BCUT2D eigenvalue weighted by atomic mass is 35.5. The van der Waals surface area contributed by atoms with Gasteiger partial charge in [0.05, 0.1) is 0 Å². The van der Waals surface area contributed by atoms with Gasteiger partial charge in [0.1, 0.15) is 17.6 Å². The Labute approximate surface area is 160 Å². The van der Waals surface area contributed by atoms with Gasteiger partial charge in [0.15, 0.2) is 0 Å². The van der Waals surface area contributed by atoms with E-state index in [2.05, 4.69) is 10.00 Å². The van der Waals surface area contributed by atoms with E-state index >= 15 is 0 Å². The van der Waals surface area contributed by atoms with Crippen molar-refractivity contribution < 1.29 is 19.1 Å². The molecule has 1 aromatic carbocycles. The fraction of sp³-hybridized carbons (Fsp3) is 0.389. The number of carbonyl (C=O) groups excluding carboxylic acids is 1. The number of rotatable bonds is 5. The number of nitrogens with zero attached hydrogens (tertiary/aromatic N) is 4. The first-order valence-electron chi connectivity index (χ1n) is 8.58. The predicted octanol–water partition coefficient (Wildman–Crippen LogP) is 2.28. The monoisotopic (exact) mass is 394 g/mol. The number of halogens is 2. The molecule has 0 aliphatic carbocycles. The molecular weight excluding hydrogens is 375 g/mol. The molecule has 1 N–H and O–H groups in total. The summed E-state index contributed by atoms with van der Waals surface area (Å²) in [6.45, 7) is 4.46. The van der Waals surface area contributed by atoms with E-state index in [1.54, 1.807) is 11.0 Å². The van der Waals surface area contributed by atoms with E-state index in [0.29, 0.717) is 37.7 Å². The molecule has 0 saturated carbocycles. The van der Waals surface area contributed by atoms with Gasteiger partial charge in [0.25, 0.3) is 5.91 Å². The smallest absolute Gasteiger partial charge is 0.328 e. The van der Waals surface area contributed by atoms with Crippen LogP contribution in [0, 0.1) is 5.82 Å². The van der Waals surface area contributed by atoms with Crippen molar-refractivity contribution in [2.45, 2.75) is 19.5 Å². The summed E-state index contributed by atoms with van der Waals surface area (Å²) in [5, 5.41) is 13.5. The molecule has 0 bridgehead atoms. The molecule has 2 heterocycles. The number of aromatic nitrogens is 2. The van der Waals surface area contributed by atoms with Crippen molar-refractivity contribution in [2.75, 3.05) is 26.2 Å². The number of aliphatic carboxylic acids is 1. The van der Waals surface area contributed by atoms with E-state index in [-0.39, 0.29) is 17.4 Å². The summed E-state index contributed by atoms with van der Waals surface area (Å²) < 4.78 is 14.4. The molecule has 1 aromatic heterocycles. The minimum absolute atomic E-state index is 0.217. The molecule has 1 atom stereocenters. The second kappa shape index (κ2) is 8.06. The van der Waals surface area contributed by atoms with Crippen LogP contribution in [0.4, 0.5) is 4.39 Å². The van der Waals surface area contributed by atoms with E-state index in [4.69, 9.17) is 16.7 Å². The van der Waals surface area contributed by atoms with Gasteiger partial charge in [0, 0.05) is 43.9 Å². The van der Waals surface area contributed by atoms with Crippen LogP contribution in [0.3, 0.4) is 0 Å². The zero-order chi connectivity index (χ0) is 19.6. The molecule has 144 valence electrons. The van der Waals surface area contributed by atoms with E-state index in [0.717, 1.165) is 5.56 Å². The lowest BCUT2D eigenvalue weighted by atomic mass is 10.2. The molecule has 1 fully saturated rings. The highest BCUT2D eigenvalue weighted by Crippen LogP contribution is 2.20. The first kappa shape index (κ1) is 19.3. The maximum Gasteiger partial charge on any atom is 0.328 e. The molecule has 1 aliphatic heterocycles. The van der Waals surface area contributed by atoms with Gasteiger partial charge in [-0.05, 0) is 30.7 Å². The highest BCUT2D eigenvalue weighted by molar-refractivity contribution is 6.31. The Morgan fingerprint density at radius 2 is 1.96 bits per heavy atom. The third-order valence-corrected chi connectivity index (χ3v) is 5.00. The summed E-state index contributed by atoms with van der Waals surface area (Å²) in [5.74, 6) is -1.59. The zero-order valence-corrected chi connectivity index (χ0v) is 15.6. The Hall–Kier alpha value is -2.45. The molecule has 3 rings (SSSR count). The molecule has 7 nitrogen and oxygen atoms in total. The maximum atomic E-state index is 13.1. The summed E-state index contributed by atoms with van der Waals surface area (Å²) in [5.41, 5.74) is 1.08. The van der Waals surface area contributed by atoms with Crippen molar-refractivity contribution in [3.05, 3.63) is 52.6 Å². The fourth-order valence-corrected chi connectivity index (χ4v) is 3.17. The SMILES string of the molecule is CC(C(=O)O)n1ccc(C(=O)N2CCN(Cc3ccc(F)cc3Cl)CC2)n1. The van der Waals surface area contributed by atoms with Gasteiger partial charge in [-0.1, -0.05) is 17.7 Å². The van der Waals surface area contributed by atoms with Crippen molar-refractivity contribution in [3.63, 3.8) is 0 Å². The van der Waals surface area contributed by atoms with Gasteiger partial charge < -0.3 is 10.0 Å².